The lowest BCUT2D eigenvalue weighted by Gasteiger charge is -2.20. The molecule has 0 aromatic carbocycles. The summed E-state index contributed by atoms with van der Waals surface area (Å²) in [6, 6.07) is -1.94. The molecule has 0 bridgehead atoms. The Balaban J connectivity index is 2.08. The average molecular weight is 459 g/mol. The predicted molar refractivity (Wildman–Crippen MR) is 105 cm³/mol. The maximum atomic E-state index is 12.2. The van der Waals surface area contributed by atoms with E-state index in [0.29, 0.717) is 0 Å². The van der Waals surface area contributed by atoms with E-state index in [1.807, 2.05) is 0 Å². The Kier molecular flexibility index (Phi) is 7.76. The zero-order valence-corrected chi connectivity index (χ0v) is 17.7. The Morgan fingerprint density at radius 2 is 2.23 bits per heavy atom. The molecule has 1 saturated heterocycles. The number of aryl methyl sites for hydroxylation is 1. The summed E-state index contributed by atoms with van der Waals surface area (Å²) < 4.78 is 23.8. The number of aromatic amines is 1. The van der Waals surface area contributed by atoms with Gasteiger partial charge in [-0.1, -0.05) is 5.11 Å². The first-order valence-electron chi connectivity index (χ1n) is 9.01. The number of nitrogens with one attached hydrogen (secondary N) is 3. The fourth-order valence-electron chi connectivity index (χ4n) is 2.84. The van der Waals surface area contributed by atoms with Gasteiger partial charge in [0.15, 0.2) is 0 Å². The summed E-state index contributed by atoms with van der Waals surface area (Å²) in [7, 11) is -4.64. The van der Waals surface area contributed by atoms with Crippen molar-refractivity contribution in [3.05, 3.63) is 43.0 Å². The number of amides is 2. The highest BCUT2D eigenvalue weighted by atomic mass is 31.2. The highest BCUT2D eigenvalue weighted by Gasteiger charge is 2.38. The molecular formula is C15H22N7O8P. The van der Waals surface area contributed by atoms with E-state index in [2.05, 4.69) is 20.3 Å². The van der Waals surface area contributed by atoms with Gasteiger partial charge in [-0.25, -0.2) is 9.36 Å². The van der Waals surface area contributed by atoms with Crippen LogP contribution in [0.15, 0.2) is 20.9 Å². The molecule has 15 nitrogen and oxygen atoms in total. The third kappa shape index (κ3) is 6.51. The zero-order valence-electron chi connectivity index (χ0n) is 16.8. The van der Waals surface area contributed by atoms with Gasteiger partial charge in [0.2, 0.25) is 5.91 Å². The van der Waals surface area contributed by atoms with E-state index < -0.39 is 61.8 Å². The standard InChI is InChI=1S/C15H22N7O8P/c1-7-5-22(15(26)18-13(7)24)12-4-10(19-21-16)11(30-12)6-29-31(27,28)20-14(25)8(2)17-9(3)23/h5,8,10-12H,4,6H2,1-3H3,(H,17,23)(H,18,24,26)(H2,20,25,27,28)/t8?,10-,11+,12+/m0/s1. The molecule has 2 unspecified atom stereocenters. The van der Waals surface area contributed by atoms with Crippen molar-refractivity contribution in [1.82, 2.24) is 20.0 Å². The van der Waals surface area contributed by atoms with Crippen LogP contribution in [-0.4, -0.2) is 51.1 Å². The van der Waals surface area contributed by atoms with Crippen LogP contribution in [0.5, 0.6) is 0 Å². The zero-order chi connectivity index (χ0) is 23.3. The van der Waals surface area contributed by atoms with Crippen LogP contribution in [0.2, 0.25) is 0 Å². The van der Waals surface area contributed by atoms with Crippen molar-refractivity contribution >= 4 is 19.6 Å². The molecule has 0 radical (unpaired) electrons. The van der Waals surface area contributed by atoms with Crippen molar-refractivity contribution in [1.29, 1.82) is 0 Å². The third-order valence-corrected chi connectivity index (χ3v) is 5.34. The number of nitrogens with zero attached hydrogens (tertiary/aromatic N) is 4. The van der Waals surface area contributed by atoms with Crippen molar-refractivity contribution in [2.24, 2.45) is 5.11 Å². The number of aromatic nitrogens is 2. The van der Waals surface area contributed by atoms with E-state index in [9.17, 15) is 28.6 Å². The minimum Gasteiger partial charge on any atom is -0.352 e. The molecule has 1 fully saturated rings. The normalized spacial score (nSPS) is 23.3. The Morgan fingerprint density at radius 1 is 1.55 bits per heavy atom. The molecule has 4 N–H and O–H groups in total. The summed E-state index contributed by atoms with van der Waals surface area (Å²) in [4.78, 5) is 61.2. The van der Waals surface area contributed by atoms with Crippen molar-refractivity contribution in [2.45, 2.75) is 51.6 Å². The maximum Gasteiger partial charge on any atom is 0.432 e. The molecule has 2 rings (SSSR count). The summed E-state index contributed by atoms with van der Waals surface area (Å²) in [5.41, 5.74) is 7.72. The van der Waals surface area contributed by atoms with Crippen molar-refractivity contribution in [2.75, 3.05) is 6.61 Å². The summed E-state index contributed by atoms with van der Waals surface area (Å²) >= 11 is 0. The molecule has 31 heavy (non-hydrogen) atoms. The van der Waals surface area contributed by atoms with Crippen LogP contribution in [0.3, 0.4) is 0 Å². The summed E-state index contributed by atoms with van der Waals surface area (Å²) in [6.45, 7) is 3.42. The predicted octanol–water partition coefficient (Wildman–Crippen LogP) is -0.431. The Hall–Kier alpha value is -2.96. The maximum absolute atomic E-state index is 12.2. The lowest BCUT2D eigenvalue weighted by Crippen LogP contribution is -2.43. The van der Waals surface area contributed by atoms with Gasteiger partial charge in [0.05, 0.1) is 18.8 Å². The monoisotopic (exact) mass is 459 g/mol. The number of H-pyrrole nitrogens is 1. The van der Waals surface area contributed by atoms with E-state index in [1.165, 1.54) is 27.0 Å². The van der Waals surface area contributed by atoms with Gasteiger partial charge in [0, 0.05) is 30.0 Å². The van der Waals surface area contributed by atoms with Crippen LogP contribution >= 0.6 is 7.75 Å². The number of carbonyl (C=O) groups is 2. The summed E-state index contributed by atoms with van der Waals surface area (Å²) in [5.74, 6) is -1.46. The van der Waals surface area contributed by atoms with Crippen molar-refractivity contribution in [3.63, 3.8) is 0 Å². The van der Waals surface area contributed by atoms with Crippen LogP contribution in [0.4, 0.5) is 0 Å². The van der Waals surface area contributed by atoms with Gasteiger partial charge < -0.3 is 14.9 Å². The molecule has 1 aliphatic heterocycles. The van der Waals surface area contributed by atoms with Crippen molar-refractivity contribution in [3.8, 4) is 0 Å². The second kappa shape index (κ2) is 9.90. The first kappa shape index (κ1) is 24.3. The molecule has 0 spiro atoms. The molecule has 2 heterocycles. The van der Waals surface area contributed by atoms with Gasteiger partial charge in [-0.2, -0.15) is 0 Å². The second-order valence-electron chi connectivity index (χ2n) is 6.83. The molecule has 1 aromatic heterocycles. The van der Waals surface area contributed by atoms with Crippen LogP contribution in [-0.2, 0) is 23.4 Å². The second-order valence-corrected chi connectivity index (χ2v) is 8.35. The van der Waals surface area contributed by atoms with E-state index in [1.54, 1.807) is 5.09 Å². The fourth-order valence-corrected chi connectivity index (χ4v) is 3.72. The summed E-state index contributed by atoms with van der Waals surface area (Å²) in [5, 5.41) is 7.58. The number of ether oxygens (including phenoxy) is 1. The first-order chi connectivity index (χ1) is 14.4. The van der Waals surface area contributed by atoms with E-state index in [0.717, 1.165) is 4.57 Å². The number of hydrogen-bond acceptors (Lipinski definition) is 8. The van der Waals surface area contributed by atoms with Gasteiger partial charge in [-0.15, -0.1) is 0 Å². The number of azide groups is 1. The molecule has 0 saturated carbocycles. The van der Waals surface area contributed by atoms with Gasteiger partial charge in [-0.3, -0.25) is 33.5 Å². The Morgan fingerprint density at radius 3 is 2.84 bits per heavy atom. The minimum absolute atomic E-state index is 0.0329. The molecule has 2 amide bonds. The average Bonchev–Trinajstić information content (AvgIpc) is 3.05. The van der Waals surface area contributed by atoms with Crippen LogP contribution in [0.25, 0.3) is 10.4 Å². The van der Waals surface area contributed by atoms with E-state index in [4.69, 9.17) is 14.8 Å². The first-order valence-corrected chi connectivity index (χ1v) is 10.6. The minimum atomic E-state index is -4.64. The number of carbonyl (C=O) groups excluding carboxylic acids is 2. The molecule has 170 valence electrons. The SMILES string of the molecule is CC(=O)NC(C)C(=O)NP(=O)(O)OC[C@H]1O[C@@H](n2cc(C)c(=O)[nH]c2=O)C[C@@H]1N=[N+]=[N-]. The lowest BCUT2D eigenvalue weighted by atomic mass is 10.1. The van der Waals surface area contributed by atoms with Crippen molar-refractivity contribution < 1.29 is 28.3 Å². The molecule has 5 atom stereocenters. The topological polar surface area (TPSA) is 218 Å². The quantitative estimate of drug-likeness (QED) is 0.172. The van der Waals surface area contributed by atoms with Gasteiger partial charge in [0.25, 0.3) is 11.5 Å². The third-order valence-electron chi connectivity index (χ3n) is 4.34. The highest BCUT2D eigenvalue weighted by Crippen LogP contribution is 2.39. The van der Waals surface area contributed by atoms with E-state index >= 15 is 0 Å². The molecule has 0 aliphatic carbocycles. The highest BCUT2D eigenvalue weighted by molar-refractivity contribution is 7.51. The number of rotatable bonds is 8. The fraction of sp³-hybridized carbons (Fsp3) is 0.600. The van der Waals surface area contributed by atoms with Crippen LogP contribution in [0, 0.1) is 6.92 Å². The molecular weight excluding hydrogens is 437 g/mol. The Bertz CT molecular complexity index is 1060. The largest absolute Gasteiger partial charge is 0.432 e. The smallest absolute Gasteiger partial charge is 0.352 e. The van der Waals surface area contributed by atoms with Crippen LogP contribution in [0.1, 0.15) is 32.1 Å². The van der Waals surface area contributed by atoms with Gasteiger partial charge in [0.1, 0.15) is 12.3 Å². The molecule has 1 aliphatic rings. The molecule has 1 aromatic rings. The van der Waals surface area contributed by atoms with Crippen LogP contribution < -0.4 is 21.7 Å². The Labute approximate surface area is 175 Å². The van der Waals surface area contributed by atoms with E-state index in [-0.39, 0.29) is 12.0 Å². The van der Waals surface area contributed by atoms with Gasteiger partial charge in [-0.05, 0) is 19.4 Å². The van der Waals surface area contributed by atoms with Gasteiger partial charge >= 0.3 is 13.4 Å². The summed E-state index contributed by atoms with van der Waals surface area (Å²) in [6.07, 6.45) is -0.640. The molecule has 16 heteroatoms. The lowest BCUT2D eigenvalue weighted by molar-refractivity contribution is -0.126. The number of hydrogen-bond donors (Lipinski definition) is 4.